The summed E-state index contributed by atoms with van der Waals surface area (Å²) in [4.78, 5) is 55.1. The molecule has 1 saturated heterocycles. The molecule has 190 valence electrons. The van der Waals surface area contributed by atoms with Crippen LogP contribution in [0.3, 0.4) is 0 Å². The third-order valence-electron chi connectivity index (χ3n) is 6.37. The first-order chi connectivity index (χ1) is 16.6. The van der Waals surface area contributed by atoms with Gasteiger partial charge in [0.25, 0.3) is 0 Å². The highest BCUT2D eigenvalue weighted by molar-refractivity contribution is 7.80. The molecule has 3 amide bonds. The number of carbonyl (C=O) groups is 4. The topological polar surface area (TPSA) is 158 Å². The van der Waals surface area contributed by atoms with Crippen molar-refractivity contribution in [2.24, 2.45) is 11.7 Å². The summed E-state index contributed by atoms with van der Waals surface area (Å²) in [6, 6.07) is 3.82. The van der Waals surface area contributed by atoms with Crippen molar-refractivity contribution in [2.45, 2.75) is 57.3 Å². The van der Waals surface area contributed by atoms with Crippen LogP contribution >= 0.6 is 12.6 Å². The Bertz CT molecular complexity index is 1090. The number of thiol groups is 1. The van der Waals surface area contributed by atoms with Crippen LogP contribution in [0.15, 0.2) is 30.5 Å². The number of carboxylic acids is 1. The van der Waals surface area contributed by atoms with Crippen LogP contribution in [0.25, 0.3) is 10.9 Å². The lowest BCUT2D eigenvalue weighted by Gasteiger charge is -2.28. The van der Waals surface area contributed by atoms with E-state index in [0.29, 0.717) is 19.4 Å². The molecule has 1 aliphatic heterocycles. The van der Waals surface area contributed by atoms with Crippen molar-refractivity contribution in [1.82, 2.24) is 20.5 Å². The maximum Gasteiger partial charge on any atom is 0.326 e. The van der Waals surface area contributed by atoms with E-state index in [-0.39, 0.29) is 18.1 Å². The van der Waals surface area contributed by atoms with Gasteiger partial charge in [-0.3, -0.25) is 14.4 Å². The third kappa shape index (κ3) is 6.15. The van der Waals surface area contributed by atoms with E-state index in [0.717, 1.165) is 16.5 Å². The van der Waals surface area contributed by atoms with E-state index < -0.39 is 47.9 Å². The SMILES string of the molecule is CC(C)C(N)C(=O)NC(Cc1c[nH]c2ccccc12)C(=O)NC(CS)C(=O)N1CCCC1C(=O)O. The predicted octanol–water partition coefficient (Wildman–Crippen LogP) is 0.669. The molecule has 0 bridgehead atoms. The van der Waals surface area contributed by atoms with Gasteiger partial charge in [-0.05, 0) is 30.4 Å². The van der Waals surface area contributed by atoms with Crippen LogP contribution in [0.5, 0.6) is 0 Å². The van der Waals surface area contributed by atoms with E-state index in [4.69, 9.17) is 5.73 Å². The van der Waals surface area contributed by atoms with E-state index in [1.807, 2.05) is 38.1 Å². The molecule has 1 fully saturated rings. The van der Waals surface area contributed by atoms with Gasteiger partial charge in [-0.15, -0.1) is 0 Å². The Morgan fingerprint density at radius 1 is 1.17 bits per heavy atom. The maximum absolute atomic E-state index is 13.3. The van der Waals surface area contributed by atoms with Crippen molar-refractivity contribution in [3.8, 4) is 0 Å². The van der Waals surface area contributed by atoms with Gasteiger partial charge in [0, 0.05) is 35.8 Å². The molecule has 0 radical (unpaired) electrons. The number of para-hydroxylation sites is 1. The first-order valence-electron chi connectivity index (χ1n) is 11.7. The molecular formula is C24H33N5O5S. The van der Waals surface area contributed by atoms with Crippen LogP contribution in [0.1, 0.15) is 32.3 Å². The number of fused-ring (bicyclic) bond motifs is 1. The van der Waals surface area contributed by atoms with E-state index in [1.54, 1.807) is 6.20 Å². The number of nitrogens with two attached hydrogens (primary N) is 1. The van der Waals surface area contributed by atoms with Crippen LogP contribution in [-0.2, 0) is 25.6 Å². The number of amides is 3. The summed E-state index contributed by atoms with van der Waals surface area (Å²) in [6.45, 7) is 3.92. The van der Waals surface area contributed by atoms with Crippen LogP contribution in [0.2, 0.25) is 0 Å². The van der Waals surface area contributed by atoms with Crippen LogP contribution in [-0.4, -0.2) is 75.1 Å². The Hall–Kier alpha value is -3.05. The molecule has 0 saturated carbocycles. The number of hydrogen-bond acceptors (Lipinski definition) is 6. The molecule has 4 atom stereocenters. The minimum absolute atomic E-state index is 0.0212. The summed E-state index contributed by atoms with van der Waals surface area (Å²) in [5.74, 6) is -2.78. The Balaban J connectivity index is 1.81. The van der Waals surface area contributed by atoms with Gasteiger partial charge in [0.2, 0.25) is 17.7 Å². The van der Waals surface area contributed by atoms with Crippen LogP contribution in [0, 0.1) is 5.92 Å². The molecule has 6 N–H and O–H groups in total. The second-order valence-electron chi connectivity index (χ2n) is 9.17. The van der Waals surface area contributed by atoms with E-state index >= 15 is 0 Å². The number of carbonyl (C=O) groups excluding carboxylic acids is 3. The van der Waals surface area contributed by atoms with Gasteiger partial charge in [-0.2, -0.15) is 12.6 Å². The second kappa shape index (κ2) is 11.6. The quantitative estimate of drug-likeness (QED) is 0.262. The normalized spacial score (nSPS) is 18.3. The van der Waals surface area contributed by atoms with Gasteiger partial charge in [-0.25, -0.2) is 4.79 Å². The number of aromatic nitrogens is 1. The Kier molecular flexibility index (Phi) is 8.79. The lowest BCUT2D eigenvalue weighted by molar-refractivity contribution is -0.149. The number of benzene rings is 1. The molecule has 4 unspecified atom stereocenters. The van der Waals surface area contributed by atoms with E-state index in [1.165, 1.54) is 4.90 Å². The van der Waals surface area contributed by atoms with Crippen molar-refractivity contribution >= 4 is 47.2 Å². The summed E-state index contributed by atoms with van der Waals surface area (Å²) < 4.78 is 0. The lowest BCUT2D eigenvalue weighted by atomic mass is 10.0. The molecule has 0 aliphatic carbocycles. The van der Waals surface area contributed by atoms with Crippen molar-refractivity contribution in [2.75, 3.05) is 12.3 Å². The van der Waals surface area contributed by atoms with Crippen molar-refractivity contribution in [3.05, 3.63) is 36.0 Å². The number of hydrogen-bond donors (Lipinski definition) is 6. The molecule has 0 spiro atoms. The number of aromatic amines is 1. The zero-order valence-corrected chi connectivity index (χ0v) is 20.8. The molecule has 3 rings (SSSR count). The monoisotopic (exact) mass is 503 g/mol. The molecule has 35 heavy (non-hydrogen) atoms. The van der Waals surface area contributed by atoms with Crippen molar-refractivity contribution < 1.29 is 24.3 Å². The molecule has 2 heterocycles. The van der Waals surface area contributed by atoms with Gasteiger partial charge in [0.15, 0.2) is 0 Å². The highest BCUT2D eigenvalue weighted by atomic mass is 32.1. The lowest BCUT2D eigenvalue weighted by Crippen LogP contribution is -2.58. The number of H-pyrrole nitrogens is 1. The first kappa shape index (κ1) is 26.6. The minimum Gasteiger partial charge on any atom is -0.480 e. The third-order valence-corrected chi connectivity index (χ3v) is 6.74. The highest BCUT2D eigenvalue weighted by Crippen LogP contribution is 2.21. The van der Waals surface area contributed by atoms with Gasteiger partial charge >= 0.3 is 5.97 Å². The fourth-order valence-corrected chi connectivity index (χ4v) is 4.49. The molecule has 1 aromatic carbocycles. The number of carboxylic acid groups (broad SMARTS) is 1. The maximum atomic E-state index is 13.3. The zero-order chi connectivity index (χ0) is 25.7. The highest BCUT2D eigenvalue weighted by Gasteiger charge is 2.38. The number of nitrogens with zero attached hydrogens (tertiary/aromatic N) is 1. The smallest absolute Gasteiger partial charge is 0.326 e. The summed E-state index contributed by atoms with van der Waals surface area (Å²) >= 11 is 4.22. The predicted molar refractivity (Wildman–Crippen MR) is 135 cm³/mol. The average molecular weight is 504 g/mol. The molecular weight excluding hydrogens is 470 g/mol. The molecule has 1 aliphatic rings. The molecule has 10 nitrogen and oxygen atoms in total. The fraction of sp³-hybridized carbons (Fsp3) is 0.500. The Morgan fingerprint density at radius 2 is 1.86 bits per heavy atom. The van der Waals surface area contributed by atoms with Crippen molar-refractivity contribution in [3.63, 3.8) is 0 Å². The van der Waals surface area contributed by atoms with Crippen molar-refractivity contribution in [1.29, 1.82) is 0 Å². The van der Waals surface area contributed by atoms with Gasteiger partial charge in [-0.1, -0.05) is 32.0 Å². The fourth-order valence-electron chi connectivity index (χ4n) is 4.25. The Morgan fingerprint density at radius 3 is 2.51 bits per heavy atom. The molecule has 2 aromatic rings. The number of likely N-dealkylation sites (tertiary alicyclic amines) is 1. The largest absolute Gasteiger partial charge is 0.480 e. The average Bonchev–Trinajstić information content (AvgIpc) is 3.48. The molecule has 1 aromatic heterocycles. The first-order valence-corrected chi connectivity index (χ1v) is 12.3. The van der Waals surface area contributed by atoms with Crippen LogP contribution < -0.4 is 16.4 Å². The van der Waals surface area contributed by atoms with Crippen LogP contribution in [0.4, 0.5) is 0 Å². The number of aliphatic carboxylic acids is 1. The summed E-state index contributed by atoms with van der Waals surface area (Å²) in [5.41, 5.74) is 7.71. The van der Waals surface area contributed by atoms with Gasteiger partial charge in [0.05, 0.1) is 6.04 Å². The summed E-state index contributed by atoms with van der Waals surface area (Å²) in [7, 11) is 0. The van der Waals surface area contributed by atoms with E-state index in [2.05, 4.69) is 28.2 Å². The van der Waals surface area contributed by atoms with E-state index in [9.17, 15) is 24.3 Å². The number of nitrogens with one attached hydrogen (secondary N) is 3. The number of rotatable bonds is 10. The minimum atomic E-state index is -1.08. The summed E-state index contributed by atoms with van der Waals surface area (Å²) in [5, 5.41) is 15.7. The summed E-state index contributed by atoms with van der Waals surface area (Å²) in [6.07, 6.45) is 2.88. The molecule has 11 heteroatoms. The Labute approximate surface area is 209 Å². The van der Waals surface area contributed by atoms with Gasteiger partial charge in [0.1, 0.15) is 18.1 Å². The standard InChI is InChI=1S/C24H33N5O5S/c1-13(2)20(25)22(31)27-17(10-14-11-26-16-7-4-3-6-15(14)16)21(30)28-18(12-35)23(32)29-9-5-8-19(29)24(33)34/h3-4,6-7,11,13,17-20,26,35H,5,8-10,12,25H2,1-2H3,(H,27,31)(H,28,30)(H,33,34). The second-order valence-corrected chi connectivity index (χ2v) is 9.53. The zero-order valence-electron chi connectivity index (χ0n) is 19.9. The van der Waals surface area contributed by atoms with Gasteiger partial charge < -0.3 is 31.4 Å².